The molecular weight excluding hydrogens is 1130 g/mol. The van der Waals surface area contributed by atoms with Gasteiger partial charge in [0.1, 0.15) is 22.3 Å². The van der Waals surface area contributed by atoms with Crippen LogP contribution >= 0.6 is 0 Å². The van der Waals surface area contributed by atoms with Crippen molar-refractivity contribution >= 4 is 101 Å². The molecule has 0 aliphatic carbocycles. The van der Waals surface area contributed by atoms with Gasteiger partial charge in [-0.05, 0) is 178 Å². The summed E-state index contributed by atoms with van der Waals surface area (Å²) < 4.78 is 14.4. The van der Waals surface area contributed by atoms with Crippen molar-refractivity contribution in [3.05, 3.63) is 321 Å². The van der Waals surface area contributed by atoms with E-state index in [4.69, 9.17) is 8.83 Å². The van der Waals surface area contributed by atoms with Gasteiger partial charge in [0.25, 0.3) is 6.71 Å². The van der Waals surface area contributed by atoms with Gasteiger partial charge in [-0.1, -0.05) is 263 Å². The first-order valence-electron chi connectivity index (χ1n) is 32.2. The summed E-state index contributed by atoms with van der Waals surface area (Å²) in [6.07, 6.45) is 0. The highest BCUT2D eigenvalue weighted by Gasteiger charge is 2.45. The van der Waals surface area contributed by atoms with Crippen LogP contribution in [-0.4, -0.2) is 6.71 Å². The van der Waals surface area contributed by atoms with Gasteiger partial charge >= 0.3 is 0 Å². The highest BCUT2D eigenvalue weighted by atomic mass is 16.3. The van der Waals surface area contributed by atoms with Crippen LogP contribution in [0.2, 0.25) is 0 Å². The van der Waals surface area contributed by atoms with Crippen molar-refractivity contribution in [1.82, 2.24) is 0 Å². The minimum atomic E-state index is -0.241. The summed E-state index contributed by atoms with van der Waals surface area (Å²) in [5.41, 5.74) is 30.3. The van der Waals surface area contributed by atoms with Gasteiger partial charge in [-0.15, -0.1) is 0 Å². The average molecular weight is 1190 g/mol. The minimum absolute atomic E-state index is 0.0441. The second kappa shape index (κ2) is 21.5. The summed E-state index contributed by atoms with van der Waals surface area (Å²) in [5.74, 6) is 0. The van der Waals surface area contributed by atoms with Crippen LogP contribution in [0.5, 0.6) is 0 Å². The monoisotopic (exact) mass is 1190 g/mol. The quantitative estimate of drug-likeness (QED) is 0.135. The Morgan fingerprint density at radius 3 is 0.914 bits per heavy atom. The molecule has 4 heterocycles. The van der Waals surface area contributed by atoms with Gasteiger partial charge in [0, 0.05) is 33.5 Å². The lowest BCUT2D eigenvalue weighted by molar-refractivity contribution is 0.590. The summed E-state index contributed by atoms with van der Waals surface area (Å²) in [6, 6.07) is 116. The molecule has 5 heteroatoms. The number of hydrogen-bond acceptors (Lipinski definition) is 4. The summed E-state index contributed by atoms with van der Waals surface area (Å²) in [5, 5.41) is 4.19. The molecule has 14 aromatic carbocycles. The lowest BCUT2D eigenvalue weighted by Crippen LogP contribution is -2.61. The predicted molar refractivity (Wildman–Crippen MR) is 392 cm³/mol. The third kappa shape index (κ3) is 9.14. The maximum Gasteiger partial charge on any atom is 0.252 e. The van der Waals surface area contributed by atoms with Crippen LogP contribution in [0, 0.1) is 0 Å². The van der Waals surface area contributed by atoms with Crippen molar-refractivity contribution in [3.8, 4) is 77.9 Å². The molecule has 0 unspecified atom stereocenters. The average Bonchev–Trinajstić information content (AvgIpc) is 1.37. The smallest absolute Gasteiger partial charge is 0.252 e. The third-order valence-corrected chi connectivity index (χ3v) is 19.4. The van der Waals surface area contributed by atoms with Crippen LogP contribution in [0.15, 0.2) is 324 Å². The largest absolute Gasteiger partial charge is 0.456 e. The Balaban J connectivity index is 1.01. The van der Waals surface area contributed by atoms with Crippen molar-refractivity contribution in [3.63, 3.8) is 0 Å². The lowest BCUT2D eigenvalue weighted by atomic mass is 9.33. The summed E-state index contributed by atoms with van der Waals surface area (Å²) in [6.45, 7) is 6.64. The molecule has 0 amide bonds. The normalized spacial score (nSPS) is 12.6. The molecule has 2 aromatic heterocycles. The topological polar surface area (TPSA) is 32.8 Å². The molecule has 0 saturated carbocycles. The highest BCUT2D eigenvalue weighted by molar-refractivity contribution is 7.00. The molecule has 0 atom stereocenters. The van der Waals surface area contributed by atoms with E-state index in [1.165, 1.54) is 22.0 Å². The van der Waals surface area contributed by atoms with Crippen molar-refractivity contribution in [2.45, 2.75) is 26.2 Å². The van der Waals surface area contributed by atoms with Gasteiger partial charge in [-0.25, -0.2) is 0 Å². The number of furan rings is 2. The zero-order chi connectivity index (χ0) is 61.9. The minimum Gasteiger partial charge on any atom is -0.456 e. The van der Waals surface area contributed by atoms with Gasteiger partial charge in [-0.2, -0.15) is 0 Å². The molecule has 16 aromatic rings. The third-order valence-electron chi connectivity index (χ3n) is 19.4. The number of anilines is 6. The van der Waals surface area contributed by atoms with Gasteiger partial charge in [0.05, 0.1) is 22.1 Å². The van der Waals surface area contributed by atoms with E-state index in [1.54, 1.807) is 0 Å². The zero-order valence-electron chi connectivity index (χ0n) is 51.8. The summed E-state index contributed by atoms with van der Waals surface area (Å²) >= 11 is 0. The van der Waals surface area contributed by atoms with Crippen LogP contribution in [0.3, 0.4) is 0 Å². The SMILES string of the molecule is CC(C)(C)c1ccc(-c2cc3c4c(c2)N(c2cc(-c5ccccc5)cc5oc6ccc(-c7ccccc7)cc6c25)c2ccc(-c5ccccc5)cc2B4c2cc(-c4ccccc4)ccc2N3c2cc(-c3ccccc3)cc3oc4ccc(-c5ccccc5)cc4c23)cc1. The van der Waals surface area contributed by atoms with E-state index in [0.29, 0.717) is 0 Å². The molecule has 0 spiro atoms. The first kappa shape index (κ1) is 54.3. The van der Waals surface area contributed by atoms with E-state index in [2.05, 4.69) is 346 Å². The number of rotatable bonds is 9. The Labute approximate surface area is 541 Å². The van der Waals surface area contributed by atoms with Gasteiger partial charge in [0.2, 0.25) is 0 Å². The molecule has 0 fully saturated rings. The number of fused-ring (bicyclic) bond motifs is 10. The molecular formula is C88H61BN2O2. The first-order valence-corrected chi connectivity index (χ1v) is 32.2. The summed E-state index contributed by atoms with van der Waals surface area (Å²) in [7, 11) is 0. The number of benzene rings is 14. The Morgan fingerprint density at radius 2 is 0.548 bits per heavy atom. The standard InChI is InChI=1S/C88H61BN2O2/c1-88(2,3)70-40-34-62(35-41-70)67-52-79-87-80(53-67)91(78-51-69(61-32-20-9-21-33-61)55-84-86(78)72-47-64(39-45-82(72)93-84)57-24-12-5-13-25-57)76-43-37-66(59-28-16-7-17-29-59)49-74(76)89(87)73-48-65(58-26-14-6-15-27-58)36-42-75(73)90(79)77-50-68(60-30-18-8-19-31-60)54-83-85(77)71-46-63(38-44-81(71)92-83)56-22-10-4-11-23-56/h4-55H,1-3H3. The van der Waals surface area contributed by atoms with Crippen molar-refractivity contribution < 1.29 is 8.83 Å². The van der Waals surface area contributed by atoms with E-state index in [1.807, 2.05) is 0 Å². The molecule has 0 N–H and O–H groups in total. The Hall–Kier alpha value is -11.7. The Bertz CT molecular complexity index is 5260. The van der Waals surface area contributed by atoms with Crippen LogP contribution in [-0.2, 0) is 5.41 Å². The van der Waals surface area contributed by atoms with Crippen LogP contribution in [0.1, 0.15) is 26.3 Å². The van der Waals surface area contributed by atoms with Crippen molar-refractivity contribution in [2.75, 3.05) is 9.80 Å². The van der Waals surface area contributed by atoms with E-state index in [0.717, 1.165) is 156 Å². The molecule has 4 nitrogen and oxygen atoms in total. The second-order valence-corrected chi connectivity index (χ2v) is 26.0. The molecule has 2 aliphatic heterocycles. The number of nitrogens with zero attached hydrogens (tertiary/aromatic N) is 2. The van der Waals surface area contributed by atoms with E-state index in [9.17, 15) is 0 Å². The molecule has 0 saturated heterocycles. The fourth-order valence-corrected chi connectivity index (χ4v) is 14.8. The van der Waals surface area contributed by atoms with Crippen LogP contribution < -0.4 is 26.2 Å². The van der Waals surface area contributed by atoms with Gasteiger partial charge < -0.3 is 18.6 Å². The van der Waals surface area contributed by atoms with E-state index < -0.39 is 0 Å². The maximum absolute atomic E-state index is 7.18. The summed E-state index contributed by atoms with van der Waals surface area (Å²) in [4.78, 5) is 5.20. The van der Waals surface area contributed by atoms with Crippen molar-refractivity contribution in [2.24, 2.45) is 0 Å². The van der Waals surface area contributed by atoms with Crippen molar-refractivity contribution in [1.29, 1.82) is 0 Å². The molecule has 2 aliphatic rings. The molecule has 0 radical (unpaired) electrons. The lowest BCUT2D eigenvalue weighted by Gasteiger charge is -2.45. The predicted octanol–water partition coefficient (Wildman–Crippen LogP) is 22.5. The second-order valence-electron chi connectivity index (χ2n) is 26.0. The highest BCUT2D eigenvalue weighted by Crippen LogP contribution is 2.53. The maximum atomic E-state index is 7.18. The van der Waals surface area contributed by atoms with E-state index >= 15 is 0 Å². The Morgan fingerprint density at radius 1 is 0.247 bits per heavy atom. The van der Waals surface area contributed by atoms with E-state index in [-0.39, 0.29) is 12.1 Å². The molecule has 0 bridgehead atoms. The first-order chi connectivity index (χ1) is 45.7. The number of hydrogen-bond donors (Lipinski definition) is 0. The fraction of sp³-hybridized carbons (Fsp3) is 0.0455. The Kier molecular flexibility index (Phi) is 12.6. The van der Waals surface area contributed by atoms with Crippen LogP contribution in [0.25, 0.3) is 122 Å². The zero-order valence-corrected chi connectivity index (χ0v) is 51.8. The molecule has 93 heavy (non-hydrogen) atoms. The van der Waals surface area contributed by atoms with Crippen LogP contribution in [0.4, 0.5) is 34.1 Å². The fourth-order valence-electron chi connectivity index (χ4n) is 14.8. The molecule has 438 valence electrons. The van der Waals surface area contributed by atoms with Gasteiger partial charge in [-0.3, -0.25) is 0 Å². The van der Waals surface area contributed by atoms with Gasteiger partial charge in [0.15, 0.2) is 0 Å². The molecule has 18 rings (SSSR count).